The summed E-state index contributed by atoms with van der Waals surface area (Å²) >= 11 is 4.36. The normalized spacial score (nSPS) is 18.9. The highest BCUT2D eigenvalue weighted by Gasteiger charge is 2.18. The fourth-order valence-corrected chi connectivity index (χ4v) is 2.63. The molecule has 100 valence electrons. The van der Waals surface area contributed by atoms with Crippen LogP contribution in [0.5, 0.6) is 0 Å². The average Bonchev–Trinajstić information content (AvgIpc) is 2.39. The zero-order valence-corrected chi connectivity index (χ0v) is 12.4. The van der Waals surface area contributed by atoms with E-state index >= 15 is 0 Å². The number of thiol groups is 1. The molecule has 0 aromatic heterocycles. The van der Waals surface area contributed by atoms with Crippen molar-refractivity contribution in [2.24, 2.45) is 5.92 Å². The highest BCUT2D eigenvalue weighted by molar-refractivity contribution is 7.80. The summed E-state index contributed by atoms with van der Waals surface area (Å²) < 4.78 is 0. The van der Waals surface area contributed by atoms with E-state index in [4.69, 9.17) is 0 Å². The van der Waals surface area contributed by atoms with Crippen LogP contribution in [0.15, 0.2) is 24.3 Å². The van der Waals surface area contributed by atoms with Crippen molar-refractivity contribution in [3.8, 4) is 0 Å². The Hall–Kier alpha value is -0.670. The Bertz CT molecular complexity index is 373. The largest absolute Gasteiger partial charge is 0.369 e. The molecule has 1 aromatic carbocycles. The first-order valence-electron chi connectivity index (χ1n) is 6.84. The van der Waals surface area contributed by atoms with Crippen molar-refractivity contribution in [3.63, 3.8) is 0 Å². The van der Waals surface area contributed by atoms with Crippen molar-refractivity contribution in [1.29, 1.82) is 0 Å². The number of hydrogen-bond donors (Lipinski definition) is 1. The Labute approximate surface area is 116 Å². The van der Waals surface area contributed by atoms with Crippen LogP contribution >= 0.6 is 12.6 Å². The number of hydrogen-bond acceptors (Lipinski definition) is 3. The van der Waals surface area contributed by atoms with E-state index in [0.29, 0.717) is 5.92 Å². The van der Waals surface area contributed by atoms with Crippen LogP contribution < -0.4 is 4.90 Å². The Morgan fingerprint density at radius 1 is 1.22 bits per heavy atom. The van der Waals surface area contributed by atoms with Gasteiger partial charge in [-0.15, -0.1) is 0 Å². The van der Waals surface area contributed by atoms with Gasteiger partial charge in [0.1, 0.15) is 0 Å². The zero-order chi connectivity index (χ0) is 13.0. The molecule has 2 rings (SSSR count). The van der Waals surface area contributed by atoms with Gasteiger partial charge in [-0.2, -0.15) is 12.6 Å². The molecule has 1 fully saturated rings. The summed E-state index contributed by atoms with van der Waals surface area (Å²) in [7, 11) is 0. The van der Waals surface area contributed by atoms with Crippen LogP contribution in [0.25, 0.3) is 0 Å². The number of rotatable bonds is 4. The summed E-state index contributed by atoms with van der Waals surface area (Å²) in [5, 5.41) is 0. The van der Waals surface area contributed by atoms with Crippen LogP contribution in [0.3, 0.4) is 0 Å². The van der Waals surface area contributed by atoms with Crippen LogP contribution in [0, 0.1) is 12.8 Å². The summed E-state index contributed by atoms with van der Waals surface area (Å²) in [5.41, 5.74) is 2.72. The van der Waals surface area contributed by atoms with Gasteiger partial charge in [-0.25, -0.2) is 0 Å². The third kappa shape index (κ3) is 3.66. The van der Waals surface area contributed by atoms with Gasteiger partial charge in [0.25, 0.3) is 0 Å². The Morgan fingerprint density at radius 3 is 2.56 bits per heavy atom. The van der Waals surface area contributed by atoms with E-state index in [-0.39, 0.29) is 0 Å². The number of nitrogens with zero attached hydrogens (tertiary/aromatic N) is 2. The third-order valence-corrected chi connectivity index (χ3v) is 4.24. The van der Waals surface area contributed by atoms with Crippen molar-refractivity contribution >= 4 is 18.3 Å². The van der Waals surface area contributed by atoms with Crippen molar-refractivity contribution < 1.29 is 0 Å². The highest BCUT2D eigenvalue weighted by atomic mass is 32.1. The van der Waals surface area contributed by atoms with Gasteiger partial charge in [0.15, 0.2) is 0 Å². The molecule has 1 heterocycles. The van der Waals surface area contributed by atoms with Gasteiger partial charge in [-0.05, 0) is 36.3 Å². The summed E-state index contributed by atoms with van der Waals surface area (Å²) in [6.45, 7) is 10.3. The molecule has 0 radical (unpaired) electrons. The quantitative estimate of drug-likeness (QED) is 0.835. The van der Waals surface area contributed by atoms with Gasteiger partial charge in [0.2, 0.25) is 0 Å². The molecular formula is C15H24N2S. The summed E-state index contributed by atoms with van der Waals surface area (Å²) in [6, 6.07) is 8.82. The molecule has 0 N–H and O–H groups in total. The number of anilines is 1. The van der Waals surface area contributed by atoms with Crippen molar-refractivity contribution in [3.05, 3.63) is 29.8 Å². The standard InChI is InChI=1S/C15H24N2S/c1-13-4-3-5-15(10-13)17-8-6-16(7-9-17)11-14(2)12-18/h3-5,10,14,18H,6-9,11-12H2,1-2H3. The molecule has 0 spiro atoms. The lowest BCUT2D eigenvalue weighted by molar-refractivity contribution is 0.233. The first kappa shape index (κ1) is 13.8. The molecule has 1 aliphatic heterocycles. The maximum atomic E-state index is 4.36. The number of aryl methyl sites for hydroxylation is 1. The van der Waals surface area contributed by atoms with E-state index in [1.54, 1.807) is 0 Å². The van der Waals surface area contributed by atoms with Crippen LogP contribution in [-0.2, 0) is 0 Å². The second-order valence-corrected chi connectivity index (χ2v) is 5.78. The molecule has 1 aliphatic rings. The number of piperazine rings is 1. The molecule has 1 aromatic rings. The lowest BCUT2D eigenvalue weighted by atomic mass is 10.1. The lowest BCUT2D eigenvalue weighted by Crippen LogP contribution is -2.47. The fourth-order valence-electron chi connectivity index (χ4n) is 2.51. The lowest BCUT2D eigenvalue weighted by Gasteiger charge is -2.37. The molecule has 0 saturated carbocycles. The monoisotopic (exact) mass is 264 g/mol. The molecule has 1 atom stereocenters. The molecule has 0 aliphatic carbocycles. The Morgan fingerprint density at radius 2 is 1.94 bits per heavy atom. The molecule has 0 bridgehead atoms. The first-order valence-corrected chi connectivity index (χ1v) is 7.47. The van der Waals surface area contributed by atoms with E-state index in [0.717, 1.165) is 18.8 Å². The minimum atomic E-state index is 0.693. The highest BCUT2D eigenvalue weighted by Crippen LogP contribution is 2.18. The Balaban J connectivity index is 1.87. The summed E-state index contributed by atoms with van der Waals surface area (Å²) in [4.78, 5) is 5.06. The predicted molar refractivity (Wildman–Crippen MR) is 82.8 cm³/mol. The van der Waals surface area contributed by atoms with Crippen molar-refractivity contribution in [2.75, 3.05) is 43.4 Å². The maximum absolute atomic E-state index is 4.36. The van der Waals surface area contributed by atoms with E-state index in [1.165, 1.54) is 30.9 Å². The summed E-state index contributed by atoms with van der Waals surface area (Å²) in [5.74, 6) is 1.68. The SMILES string of the molecule is Cc1cccc(N2CCN(CC(C)CS)CC2)c1. The smallest absolute Gasteiger partial charge is 0.0369 e. The van der Waals surface area contributed by atoms with E-state index in [9.17, 15) is 0 Å². The number of benzene rings is 1. The fraction of sp³-hybridized carbons (Fsp3) is 0.600. The van der Waals surface area contributed by atoms with E-state index in [1.807, 2.05) is 0 Å². The molecule has 2 nitrogen and oxygen atoms in total. The predicted octanol–water partition coefficient (Wildman–Crippen LogP) is 2.68. The van der Waals surface area contributed by atoms with Crippen molar-refractivity contribution in [2.45, 2.75) is 13.8 Å². The second-order valence-electron chi connectivity index (χ2n) is 5.41. The molecular weight excluding hydrogens is 240 g/mol. The van der Waals surface area contributed by atoms with Gasteiger partial charge >= 0.3 is 0 Å². The van der Waals surface area contributed by atoms with Gasteiger partial charge in [-0.1, -0.05) is 19.1 Å². The summed E-state index contributed by atoms with van der Waals surface area (Å²) in [6.07, 6.45) is 0. The average molecular weight is 264 g/mol. The molecule has 3 heteroatoms. The van der Waals surface area contributed by atoms with Crippen LogP contribution in [-0.4, -0.2) is 43.4 Å². The molecule has 18 heavy (non-hydrogen) atoms. The van der Waals surface area contributed by atoms with Gasteiger partial charge in [0.05, 0.1) is 0 Å². The molecule has 0 amide bonds. The minimum Gasteiger partial charge on any atom is -0.369 e. The Kier molecular flexibility index (Phi) is 4.95. The van der Waals surface area contributed by atoms with Crippen LogP contribution in [0.4, 0.5) is 5.69 Å². The minimum absolute atomic E-state index is 0.693. The van der Waals surface area contributed by atoms with Gasteiger partial charge in [-0.3, -0.25) is 4.90 Å². The molecule has 1 unspecified atom stereocenters. The van der Waals surface area contributed by atoms with E-state index < -0.39 is 0 Å². The maximum Gasteiger partial charge on any atom is 0.0369 e. The second kappa shape index (κ2) is 6.48. The van der Waals surface area contributed by atoms with Crippen LogP contribution in [0.2, 0.25) is 0 Å². The van der Waals surface area contributed by atoms with Gasteiger partial charge < -0.3 is 4.90 Å². The topological polar surface area (TPSA) is 6.48 Å². The third-order valence-electron chi connectivity index (χ3n) is 3.62. The molecule has 1 saturated heterocycles. The zero-order valence-electron chi connectivity index (χ0n) is 11.5. The van der Waals surface area contributed by atoms with Crippen molar-refractivity contribution in [1.82, 2.24) is 4.90 Å². The van der Waals surface area contributed by atoms with E-state index in [2.05, 4.69) is 60.5 Å². The van der Waals surface area contributed by atoms with Crippen LogP contribution in [0.1, 0.15) is 12.5 Å². The van der Waals surface area contributed by atoms with Gasteiger partial charge in [0, 0.05) is 38.4 Å². The first-order chi connectivity index (χ1) is 8.69.